The standard InChI is InChI=1S/C23H25NO4/c1-26-21-9-18-15(8-20(21)25)17-11-23(28-3)22(27-2)10-16(17)14-7-13-5-4-6-24(13)12-19(14)18/h8-11,13,25H,4-7,12H2,1-3H3. The molecule has 1 atom stereocenters. The number of nitrogens with zero attached hydrogens (tertiary/aromatic N) is 1. The Bertz CT molecular complexity index is 1090. The van der Waals surface area contributed by atoms with Crippen LogP contribution in [0.15, 0.2) is 24.3 Å². The van der Waals surface area contributed by atoms with Crippen LogP contribution in [0.3, 0.4) is 0 Å². The Labute approximate surface area is 164 Å². The maximum absolute atomic E-state index is 10.5. The van der Waals surface area contributed by atoms with Crippen LogP contribution >= 0.6 is 0 Å². The van der Waals surface area contributed by atoms with Gasteiger partial charge in [-0.2, -0.15) is 0 Å². The van der Waals surface area contributed by atoms with E-state index in [1.54, 1.807) is 21.3 Å². The zero-order valence-corrected chi connectivity index (χ0v) is 16.5. The summed E-state index contributed by atoms with van der Waals surface area (Å²) in [5.74, 6) is 2.10. The van der Waals surface area contributed by atoms with Crippen LogP contribution in [0.2, 0.25) is 0 Å². The van der Waals surface area contributed by atoms with E-state index in [4.69, 9.17) is 14.2 Å². The summed E-state index contributed by atoms with van der Waals surface area (Å²) in [6.07, 6.45) is 3.56. The Balaban J connectivity index is 1.90. The molecule has 2 aliphatic heterocycles. The topological polar surface area (TPSA) is 51.2 Å². The zero-order valence-electron chi connectivity index (χ0n) is 16.5. The van der Waals surface area contributed by atoms with Gasteiger partial charge in [-0.15, -0.1) is 0 Å². The van der Waals surface area contributed by atoms with Crippen molar-refractivity contribution in [3.05, 3.63) is 35.4 Å². The minimum absolute atomic E-state index is 0.154. The van der Waals surface area contributed by atoms with E-state index in [0.717, 1.165) is 41.4 Å². The van der Waals surface area contributed by atoms with Crippen molar-refractivity contribution in [2.75, 3.05) is 27.9 Å². The van der Waals surface area contributed by atoms with Gasteiger partial charge in [0, 0.05) is 12.6 Å². The molecule has 0 spiro atoms. The molecule has 0 amide bonds. The molecule has 5 nitrogen and oxygen atoms in total. The van der Waals surface area contributed by atoms with Gasteiger partial charge in [0.05, 0.1) is 21.3 Å². The third-order valence-corrected chi connectivity index (χ3v) is 6.45. The fraction of sp³-hybridized carbons (Fsp3) is 0.391. The first-order valence-electron chi connectivity index (χ1n) is 9.78. The van der Waals surface area contributed by atoms with Crippen molar-refractivity contribution < 1.29 is 19.3 Å². The van der Waals surface area contributed by atoms with Gasteiger partial charge in [-0.3, -0.25) is 4.90 Å². The molecule has 1 fully saturated rings. The molecule has 5 rings (SSSR count). The largest absolute Gasteiger partial charge is 0.504 e. The number of hydrogen-bond donors (Lipinski definition) is 1. The molecule has 0 saturated carbocycles. The highest BCUT2D eigenvalue weighted by molar-refractivity contribution is 6.12. The van der Waals surface area contributed by atoms with Gasteiger partial charge in [-0.05, 0) is 82.7 Å². The van der Waals surface area contributed by atoms with E-state index in [2.05, 4.69) is 11.0 Å². The lowest BCUT2D eigenvalue weighted by Crippen LogP contribution is -2.35. The van der Waals surface area contributed by atoms with Gasteiger partial charge in [0.2, 0.25) is 0 Å². The molecule has 5 heteroatoms. The van der Waals surface area contributed by atoms with Gasteiger partial charge in [0.15, 0.2) is 23.0 Å². The van der Waals surface area contributed by atoms with Crippen molar-refractivity contribution in [2.24, 2.45) is 0 Å². The minimum atomic E-state index is 0.154. The maximum Gasteiger partial charge on any atom is 0.161 e. The number of phenolic OH excluding ortho intramolecular Hbond substituents is 1. The SMILES string of the molecule is COc1cc2c3c(c4cc(OC)c(OC)cc4c2cc1O)CC1CCCN1C3. The van der Waals surface area contributed by atoms with Crippen LogP contribution in [0.25, 0.3) is 21.5 Å². The molecule has 1 N–H and O–H groups in total. The van der Waals surface area contributed by atoms with E-state index in [9.17, 15) is 5.11 Å². The quantitative estimate of drug-likeness (QED) is 0.690. The molecule has 3 aromatic carbocycles. The van der Waals surface area contributed by atoms with E-state index >= 15 is 0 Å². The van der Waals surface area contributed by atoms with Crippen LogP contribution < -0.4 is 14.2 Å². The van der Waals surface area contributed by atoms with Crippen LogP contribution in [-0.4, -0.2) is 43.9 Å². The van der Waals surface area contributed by atoms with Crippen molar-refractivity contribution in [1.29, 1.82) is 0 Å². The summed E-state index contributed by atoms with van der Waals surface area (Å²) >= 11 is 0. The van der Waals surface area contributed by atoms with Gasteiger partial charge < -0.3 is 19.3 Å². The second-order valence-electron chi connectivity index (χ2n) is 7.75. The van der Waals surface area contributed by atoms with Crippen LogP contribution in [0.1, 0.15) is 24.0 Å². The highest BCUT2D eigenvalue weighted by Gasteiger charge is 2.32. The third-order valence-electron chi connectivity index (χ3n) is 6.45. The Kier molecular flexibility index (Phi) is 4.02. The average molecular weight is 379 g/mol. The van der Waals surface area contributed by atoms with Gasteiger partial charge in [0.1, 0.15) is 0 Å². The van der Waals surface area contributed by atoms with Gasteiger partial charge in [-0.25, -0.2) is 0 Å². The lowest BCUT2D eigenvalue weighted by atomic mass is 9.85. The number of methoxy groups -OCH3 is 3. The summed E-state index contributed by atoms with van der Waals surface area (Å²) in [6.45, 7) is 2.10. The number of phenols is 1. The van der Waals surface area contributed by atoms with Gasteiger partial charge in [0.25, 0.3) is 0 Å². The van der Waals surface area contributed by atoms with Crippen LogP contribution in [0.5, 0.6) is 23.0 Å². The highest BCUT2D eigenvalue weighted by atomic mass is 16.5. The molecule has 28 heavy (non-hydrogen) atoms. The molecule has 0 aliphatic carbocycles. The lowest BCUT2D eigenvalue weighted by Gasteiger charge is -2.33. The summed E-state index contributed by atoms with van der Waals surface area (Å²) in [4.78, 5) is 2.59. The van der Waals surface area contributed by atoms with Crippen LogP contribution in [0, 0.1) is 0 Å². The fourth-order valence-corrected chi connectivity index (χ4v) is 5.07. The molecule has 3 aromatic rings. The van der Waals surface area contributed by atoms with E-state index in [-0.39, 0.29) is 5.75 Å². The monoisotopic (exact) mass is 379 g/mol. The zero-order chi connectivity index (χ0) is 19.4. The molecule has 0 aromatic heterocycles. The maximum atomic E-state index is 10.5. The predicted octanol–water partition coefficient (Wildman–Crippen LogP) is 4.24. The van der Waals surface area contributed by atoms with Gasteiger partial charge in [-0.1, -0.05) is 0 Å². The van der Waals surface area contributed by atoms with Crippen molar-refractivity contribution in [3.63, 3.8) is 0 Å². The first kappa shape index (κ1) is 17.4. The number of hydrogen-bond acceptors (Lipinski definition) is 5. The molecule has 0 bridgehead atoms. The minimum Gasteiger partial charge on any atom is -0.504 e. The Morgan fingerprint density at radius 2 is 1.43 bits per heavy atom. The lowest BCUT2D eigenvalue weighted by molar-refractivity contribution is 0.229. The first-order chi connectivity index (χ1) is 13.6. The normalized spacial score (nSPS) is 18.9. The molecule has 146 valence electrons. The summed E-state index contributed by atoms with van der Waals surface area (Å²) in [7, 11) is 4.92. The molecule has 2 heterocycles. The van der Waals surface area contributed by atoms with E-state index in [1.807, 2.05) is 18.2 Å². The Hall–Kier alpha value is -2.66. The Morgan fingerprint density at radius 3 is 2.14 bits per heavy atom. The molecular weight excluding hydrogens is 354 g/mol. The summed E-state index contributed by atoms with van der Waals surface area (Å²) in [5.41, 5.74) is 2.73. The Morgan fingerprint density at radius 1 is 0.821 bits per heavy atom. The summed E-state index contributed by atoms with van der Waals surface area (Å²) in [6, 6.07) is 8.54. The highest BCUT2D eigenvalue weighted by Crippen LogP contribution is 2.45. The molecule has 0 radical (unpaired) electrons. The first-order valence-corrected chi connectivity index (χ1v) is 9.78. The summed E-state index contributed by atoms with van der Waals surface area (Å²) in [5, 5.41) is 14.9. The van der Waals surface area contributed by atoms with Crippen molar-refractivity contribution in [2.45, 2.75) is 31.8 Å². The third kappa shape index (κ3) is 2.42. The van der Waals surface area contributed by atoms with Crippen molar-refractivity contribution >= 4 is 21.5 Å². The summed E-state index contributed by atoms with van der Waals surface area (Å²) < 4.78 is 16.6. The second kappa shape index (κ2) is 6.45. The number of rotatable bonds is 3. The molecular formula is C23H25NO4. The van der Waals surface area contributed by atoms with Crippen LogP contribution in [0.4, 0.5) is 0 Å². The molecule has 1 saturated heterocycles. The number of aromatic hydroxyl groups is 1. The fourth-order valence-electron chi connectivity index (χ4n) is 5.07. The molecule has 1 unspecified atom stereocenters. The van der Waals surface area contributed by atoms with Crippen molar-refractivity contribution in [3.8, 4) is 23.0 Å². The van der Waals surface area contributed by atoms with Gasteiger partial charge >= 0.3 is 0 Å². The smallest absolute Gasteiger partial charge is 0.161 e. The van der Waals surface area contributed by atoms with E-state index < -0.39 is 0 Å². The number of fused-ring (bicyclic) bond motifs is 7. The van der Waals surface area contributed by atoms with Crippen LogP contribution in [-0.2, 0) is 13.0 Å². The predicted molar refractivity (Wildman–Crippen MR) is 110 cm³/mol. The van der Waals surface area contributed by atoms with E-state index in [0.29, 0.717) is 17.5 Å². The number of benzene rings is 3. The molecule has 2 aliphatic rings. The average Bonchev–Trinajstić information content (AvgIpc) is 3.18. The second-order valence-corrected chi connectivity index (χ2v) is 7.75. The number of ether oxygens (including phenoxy) is 3. The van der Waals surface area contributed by atoms with E-state index in [1.165, 1.54) is 29.4 Å². The van der Waals surface area contributed by atoms with Crippen molar-refractivity contribution in [1.82, 2.24) is 4.90 Å².